The number of thiophene rings is 1. The number of carbonyl (C=O) groups excluding carboxylic acids is 1. The molecule has 0 saturated heterocycles. The van der Waals surface area contributed by atoms with Crippen molar-refractivity contribution in [2.24, 2.45) is 5.73 Å². The molecular weight excluding hydrogens is 394 g/mol. The Morgan fingerprint density at radius 3 is 2.30 bits per heavy atom. The second kappa shape index (κ2) is 8.24. The monoisotopic (exact) mass is 417 g/mol. The summed E-state index contributed by atoms with van der Waals surface area (Å²) in [6.07, 6.45) is 0.109. The molecule has 30 heavy (non-hydrogen) atoms. The molecule has 6 heteroatoms. The fraction of sp³-hybridized carbons (Fsp3) is 0.208. The Morgan fingerprint density at radius 2 is 1.67 bits per heavy atom. The van der Waals surface area contributed by atoms with Crippen LogP contribution >= 0.6 is 11.3 Å². The summed E-state index contributed by atoms with van der Waals surface area (Å²) in [5.41, 5.74) is 9.32. The Hall–Kier alpha value is -3.25. The van der Waals surface area contributed by atoms with Gasteiger partial charge >= 0.3 is 0 Å². The van der Waals surface area contributed by atoms with Crippen LogP contribution in [0.2, 0.25) is 0 Å². The highest BCUT2D eigenvalue weighted by atomic mass is 32.1. The van der Waals surface area contributed by atoms with E-state index in [4.69, 9.17) is 10.7 Å². The molecule has 0 spiro atoms. The van der Waals surface area contributed by atoms with E-state index in [1.807, 2.05) is 49.6 Å². The number of nitrogens with zero attached hydrogens (tertiary/aromatic N) is 2. The first-order valence-corrected chi connectivity index (χ1v) is 10.8. The summed E-state index contributed by atoms with van der Waals surface area (Å²) in [7, 11) is 0. The van der Waals surface area contributed by atoms with Crippen LogP contribution in [0.1, 0.15) is 32.0 Å². The molecule has 4 aromatic rings. The van der Waals surface area contributed by atoms with Crippen molar-refractivity contribution in [3.8, 4) is 22.3 Å². The van der Waals surface area contributed by atoms with Gasteiger partial charge in [-0.2, -0.15) is 0 Å². The molecule has 1 amide bonds. The van der Waals surface area contributed by atoms with Gasteiger partial charge < -0.3 is 5.73 Å². The van der Waals surface area contributed by atoms with Crippen molar-refractivity contribution in [2.45, 2.75) is 32.7 Å². The first kappa shape index (κ1) is 20.0. The quantitative estimate of drug-likeness (QED) is 0.490. The van der Waals surface area contributed by atoms with Crippen molar-refractivity contribution < 1.29 is 4.79 Å². The standard InChI is InChI=1S/C24H23N3O2S/c1-15(2)22-26-23-21(24(29)27(22)13-12-20(25)28)19(14-30-23)18-10-8-17(9-11-18)16-6-4-3-5-7-16/h3-11,14-15H,12-13H2,1-2H3,(H2,25,28). The summed E-state index contributed by atoms with van der Waals surface area (Å²) in [4.78, 5) is 30.2. The van der Waals surface area contributed by atoms with Crippen molar-refractivity contribution >= 4 is 27.5 Å². The van der Waals surface area contributed by atoms with Gasteiger partial charge in [0.25, 0.3) is 5.56 Å². The predicted molar refractivity (Wildman–Crippen MR) is 123 cm³/mol. The summed E-state index contributed by atoms with van der Waals surface area (Å²) in [5, 5.41) is 2.58. The third-order valence-electron chi connectivity index (χ3n) is 5.12. The number of nitrogens with two attached hydrogens (primary N) is 1. The van der Waals surface area contributed by atoms with Gasteiger partial charge in [0.15, 0.2) is 0 Å². The minimum absolute atomic E-state index is 0.0608. The fourth-order valence-electron chi connectivity index (χ4n) is 3.60. The largest absolute Gasteiger partial charge is 0.370 e. The Morgan fingerprint density at radius 1 is 1.03 bits per heavy atom. The molecule has 2 aromatic heterocycles. The van der Waals surface area contributed by atoms with Crippen LogP contribution in [0.3, 0.4) is 0 Å². The molecule has 0 unspecified atom stereocenters. The number of fused-ring (bicyclic) bond motifs is 1. The SMILES string of the molecule is CC(C)c1nc2scc(-c3ccc(-c4ccccc4)cc3)c2c(=O)n1CCC(N)=O. The van der Waals surface area contributed by atoms with Crippen molar-refractivity contribution in [1.29, 1.82) is 0 Å². The molecule has 0 saturated carbocycles. The summed E-state index contributed by atoms with van der Waals surface area (Å²) in [6.45, 7) is 4.23. The third kappa shape index (κ3) is 3.78. The van der Waals surface area contributed by atoms with E-state index in [1.165, 1.54) is 11.3 Å². The fourth-order valence-corrected chi connectivity index (χ4v) is 4.55. The van der Waals surface area contributed by atoms with E-state index in [9.17, 15) is 9.59 Å². The molecule has 2 heterocycles. The van der Waals surface area contributed by atoms with E-state index >= 15 is 0 Å². The molecule has 0 aliphatic heterocycles. The molecule has 0 aliphatic rings. The molecule has 0 fully saturated rings. The van der Waals surface area contributed by atoms with Crippen LogP contribution in [0.15, 0.2) is 64.8 Å². The number of aromatic nitrogens is 2. The zero-order valence-corrected chi connectivity index (χ0v) is 17.8. The average molecular weight is 418 g/mol. The highest BCUT2D eigenvalue weighted by molar-refractivity contribution is 7.17. The minimum Gasteiger partial charge on any atom is -0.370 e. The maximum Gasteiger partial charge on any atom is 0.262 e. The molecule has 5 nitrogen and oxygen atoms in total. The van der Waals surface area contributed by atoms with Crippen LogP contribution in [0, 0.1) is 0 Å². The Labute approximate surface area is 178 Å². The minimum atomic E-state index is -0.432. The Bertz CT molecular complexity index is 1260. The van der Waals surface area contributed by atoms with Gasteiger partial charge in [-0.25, -0.2) is 4.98 Å². The van der Waals surface area contributed by atoms with Gasteiger partial charge in [0, 0.05) is 29.8 Å². The predicted octanol–water partition coefficient (Wildman–Crippen LogP) is 4.79. The van der Waals surface area contributed by atoms with Crippen molar-refractivity contribution in [3.05, 3.63) is 76.2 Å². The van der Waals surface area contributed by atoms with Gasteiger partial charge in [-0.05, 0) is 16.7 Å². The average Bonchev–Trinajstić information content (AvgIpc) is 3.18. The van der Waals surface area contributed by atoms with Crippen molar-refractivity contribution in [3.63, 3.8) is 0 Å². The first-order chi connectivity index (χ1) is 14.5. The number of primary amides is 1. The number of carbonyl (C=O) groups is 1. The zero-order chi connectivity index (χ0) is 21.3. The maximum absolute atomic E-state index is 13.4. The van der Waals surface area contributed by atoms with Gasteiger partial charge in [0.1, 0.15) is 10.7 Å². The van der Waals surface area contributed by atoms with E-state index in [1.54, 1.807) is 4.57 Å². The van der Waals surface area contributed by atoms with Crippen molar-refractivity contribution in [2.75, 3.05) is 0 Å². The van der Waals surface area contributed by atoms with E-state index in [2.05, 4.69) is 24.3 Å². The molecular formula is C24H23N3O2S. The zero-order valence-electron chi connectivity index (χ0n) is 17.0. The second-order valence-corrected chi connectivity index (χ2v) is 8.43. The van der Waals surface area contributed by atoms with Crippen LogP contribution in [0.5, 0.6) is 0 Å². The van der Waals surface area contributed by atoms with Gasteiger partial charge in [0.05, 0.1) is 5.39 Å². The molecule has 0 aliphatic carbocycles. The van der Waals surface area contributed by atoms with Gasteiger partial charge in [-0.1, -0.05) is 68.4 Å². The lowest BCUT2D eigenvalue weighted by atomic mass is 10.0. The second-order valence-electron chi connectivity index (χ2n) is 7.57. The van der Waals surface area contributed by atoms with E-state index in [0.717, 1.165) is 27.1 Å². The summed E-state index contributed by atoms with van der Waals surface area (Å²) < 4.78 is 1.60. The van der Waals surface area contributed by atoms with E-state index in [-0.39, 0.29) is 24.4 Å². The van der Waals surface area contributed by atoms with E-state index < -0.39 is 5.91 Å². The Kier molecular flexibility index (Phi) is 5.50. The number of benzene rings is 2. The smallest absolute Gasteiger partial charge is 0.262 e. The van der Waals surface area contributed by atoms with Crippen LogP contribution < -0.4 is 11.3 Å². The Balaban J connectivity index is 1.81. The lowest BCUT2D eigenvalue weighted by Gasteiger charge is -2.14. The topological polar surface area (TPSA) is 78.0 Å². The number of amides is 1. The van der Waals surface area contributed by atoms with Crippen LogP contribution in [-0.2, 0) is 11.3 Å². The number of hydrogen-bond acceptors (Lipinski definition) is 4. The summed E-state index contributed by atoms with van der Waals surface area (Å²) in [5.74, 6) is 0.311. The van der Waals surface area contributed by atoms with Crippen molar-refractivity contribution in [1.82, 2.24) is 9.55 Å². The van der Waals surface area contributed by atoms with Crippen LogP contribution in [0.4, 0.5) is 0 Å². The van der Waals surface area contributed by atoms with Gasteiger partial charge in [-0.15, -0.1) is 11.3 Å². The third-order valence-corrected chi connectivity index (χ3v) is 6.00. The van der Waals surface area contributed by atoms with Crippen LogP contribution in [-0.4, -0.2) is 15.5 Å². The number of rotatable bonds is 6. The highest BCUT2D eigenvalue weighted by Crippen LogP contribution is 2.33. The highest BCUT2D eigenvalue weighted by Gasteiger charge is 2.19. The lowest BCUT2D eigenvalue weighted by Crippen LogP contribution is -2.28. The number of hydrogen-bond donors (Lipinski definition) is 1. The van der Waals surface area contributed by atoms with E-state index in [0.29, 0.717) is 11.2 Å². The molecule has 0 atom stereocenters. The van der Waals surface area contributed by atoms with Crippen LogP contribution in [0.25, 0.3) is 32.5 Å². The van der Waals surface area contributed by atoms with Gasteiger partial charge in [0.2, 0.25) is 5.91 Å². The molecule has 2 aromatic carbocycles. The molecule has 2 N–H and O–H groups in total. The molecule has 0 bridgehead atoms. The molecule has 152 valence electrons. The first-order valence-electron chi connectivity index (χ1n) is 9.92. The van der Waals surface area contributed by atoms with Gasteiger partial charge in [-0.3, -0.25) is 14.2 Å². The maximum atomic E-state index is 13.4. The summed E-state index contributed by atoms with van der Waals surface area (Å²) in [6, 6.07) is 18.4. The molecule has 4 rings (SSSR count). The lowest BCUT2D eigenvalue weighted by molar-refractivity contribution is -0.118. The summed E-state index contributed by atoms with van der Waals surface area (Å²) >= 11 is 1.47. The molecule has 0 radical (unpaired) electrons. The normalized spacial score (nSPS) is 11.3.